The molecule has 25 heavy (non-hydrogen) atoms. The molecule has 0 aliphatic rings. The normalized spacial score (nSPS) is 11.5. The van der Waals surface area contributed by atoms with E-state index in [9.17, 15) is 4.79 Å². The number of amides is 1. The first kappa shape index (κ1) is 17.7. The number of fused-ring (bicyclic) bond motifs is 1. The standard InChI is InChI=1S/C21H22BrNO2/c1-12(2)16-6-5-7-17(13(3)4)20(16)23-21(24)19-11-14-10-15(22)8-9-18(14)25-19/h5-13H,1-4H3,(H,23,24). The highest BCUT2D eigenvalue weighted by Gasteiger charge is 2.19. The molecule has 2 aromatic carbocycles. The molecule has 0 saturated heterocycles. The molecule has 1 heterocycles. The lowest BCUT2D eigenvalue weighted by Crippen LogP contribution is -2.15. The minimum atomic E-state index is -0.220. The van der Waals surface area contributed by atoms with E-state index >= 15 is 0 Å². The molecule has 3 rings (SSSR count). The zero-order valence-corrected chi connectivity index (χ0v) is 16.5. The highest BCUT2D eigenvalue weighted by molar-refractivity contribution is 9.10. The second-order valence-electron chi connectivity index (χ2n) is 6.87. The first-order chi connectivity index (χ1) is 11.9. The van der Waals surface area contributed by atoms with Crippen molar-refractivity contribution in [3.05, 3.63) is 63.8 Å². The van der Waals surface area contributed by atoms with E-state index in [1.807, 2.05) is 18.2 Å². The van der Waals surface area contributed by atoms with Crippen molar-refractivity contribution in [1.82, 2.24) is 0 Å². The van der Waals surface area contributed by atoms with Crippen molar-refractivity contribution in [2.45, 2.75) is 39.5 Å². The Morgan fingerprint density at radius 1 is 1.00 bits per heavy atom. The van der Waals surface area contributed by atoms with Crippen molar-refractivity contribution < 1.29 is 9.21 Å². The molecular weight excluding hydrogens is 378 g/mol. The highest BCUT2D eigenvalue weighted by Crippen LogP contribution is 2.33. The minimum absolute atomic E-state index is 0.220. The number of carbonyl (C=O) groups excluding carboxylic acids is 1. The summed E-state index contributed by atoms with van der Waals surface area (Å²) in [4.78, 5) is 12.8. The Morgan fingerprint density at radius 3 is 2.24 bits per heavy atom. The van der Waals surface area contributed by atoms with Gasteiger partial charge in [0.15, 0.2) is 5.76 Å². The fraction of sp³-hybridized carbons (Fsp3) is 0.286. The Bertz CT molecular complexity index is 899. The van der Waals surface area contributed by atoms with Crippen molar-refractivity contribution in [3.63, 3.8) is 0 Å². The van der Waals surface area contributed by atoms with Gasteiger partial charge in [-0.3, -0.25) is 4.79 Å². The lowest BCUT2D eigenvalue weighted by molar-refractivity contribution is 0.0998. The molecule has 3 nitrogen and oxygen atoms in total. The summed E-state index contributed by atoms with van der Waals surface area (Å²) in [6.45, 7) is 8.53. The van der Waals surface area contributed by atoms with Crippen LogP contribution in [0.15, 0.2) is 51.4 Å². The van der Waals surface area contributed by atoms with Crippen LogP contribution in [0.5, 0.6) is 0 Å². The predicted molar refractivity (Wildman–Crippen MR) is 106 cm³/mol. The van der Waals surface area contributed by atoms with Crippen LogP contribution in [-0.4, -0.2) is 5.91 Å². The molecule has 0 aliphatic heterocycles. The van der Waals surface area contributed by atoms with Crippen LogP contribution >= 0.6 is 15.9 Å². The molecule has 130 valence electrons. The number of rotatable bonds is 4. The summed E-state index contributed by atoms with van der Waals surface area (Å²) in [6, 6.07) is 13.7. The SMILES string of the molecule is CC(C)c1cccc(C(C)C)c1NC(=O)c1cc2cc(Br)ccc2o1. The summed E-state index contributed by atoms with van der Waals surface area (Å²) in [6.07, 6.45) is 0. The molecule has 0 unspecified atom stereocenters. The van der Waals surface area contributed by atoms with Gasteiger partial charge in [-0.1, -0.05) is 61.8 Å². The quantitative estimate of drug-likeness (QED) is 0.530. The second kappa shape index (κ2) is 7.04. The van der Waals surface area contributed by atoms with E-state index in [-0.39, 0.29) is 5.91 Å². The van der Waals surface area contributed by atoms with Crippen LogP contribution in [0.3, 0.4) is 0 Å². The maximum atomic E-state index is 12.8. The molecule has 3 aromatic rings. The van der Waals surface area contributed by atoms with E-state index in [1.165, 1.54) is 0 Å². The van der Waals surface area contributed by atoms with Crippen molar-refractivity contribution in [1.29, 1.82) is 0 Å². The molecule has 1 N–H and O–H groups in total. The molecule has 0 aliphatic carbocycles. The zero-order chi connectivity index (χ0) is 18.1. The van der Waals surface area contributed by atoms with Gasteiger partial charge < -0.3 is 9.73 Å². The third kappa shape index (κ3) is 3.64. The fourth-order valence-corrected chi connectivity index (χ4v) is 3.38. The maximum Gasteiger partial charge on any atom is 0.291 e. The number of furan rings is 1. The van der Waals surface area contributed by atoms with Gasteiger partial charge in [-0.25, -0.2) is 0 Å². The summed E-state index contributed by atoms with van der Waals surface area (Å²) in [7, 11) is 0. The van der Waals surface area contributed by atoms with Crippen molar-refractivity contribution >= 4 is 38.5 Å². The van der Waals surface area contributed by atoms with E-state index in [2.05, 4.69) is 67.1 Å². The van der Waals surface area contributed by atoms with Crippen LogP contribution in [0, 0.1) is 0 Å². The zero-order valence-electron chi connectivity index (χ0n) is 14.9. The van der Waals surface area contributed by atoms with Gasteiger partial charge in [0, 0.05) is 15.5 Å². The Morgan fingerprint density at radius 2 is 1.64 bits per heavy atom. The van der Waals surface area contributed by atoms with Crippen molar-refractivity contribution in [2.24, 2.45) is 0 Å². The van der Waals surface area contributed by atoms with Crippen LogP contribution in [0.1, 0.15) is 61.2 Å². The van der Waals surface area contributed by atoms with Crippen LogP contribution in [-0.2, 0) is 0 Å². The third-order valence-electron chi connectivity index (χ3n) is 4.31. The second-order valence-corrected chi connectivity index (χ2v) is 7.78. The number of nitrogens with one attached hydrogen (secondary N) is 1. The number of anilines is 1. The number of halogens is 1. The lowest BCUT2D eigenvalue weighted by atomic mass is 9.92. The number of hydrogen-bond acceptors (Lipinski definition) is 2. The molecule has 0 bridgehead atoms. The van der Waals surface area contributed by atoms with E-state index in [0.29, 0.717) is 23.2 Å². The summed E-state index contributed by atoms with van der Waals surface area (Å²) in [5, 5.41) is 3.99. The molecular formula is C21H22BrNO2. The van der Waals surface area contributed by atoms with Gasteiger partial charge in [-0.2, -0.15) is 0 Å². The van der Waals surface area contributed by atoms with Gasteiger partial charge >= 0.3 is 0 Å². The molecule has 1 aromatic heterocycles. The number of hydrogen-bond donors (Lipinski definition) is 1. The maximum absolute atomic E-state index is 12.8. The monoisotopic (exact) mass is 399 g/mol. The first-order valence-electron chi connectivity index (χ1n) is 8.50. The molecule has 0 radical (unpaired) electrons. The van der Waals surface area contributed by atoms with E-state index in [0.717, 1.165) is 26.7 Å². The van der Waals surface area contributed by atoms with Crippen LogP contribution in [0.25, 0.3) is 11.0 Å². The van der Waals surface area contributed by atoms with Gasteiger partial charge in [0.1, 0.15) is 5.58 Å². The van der Waals surface area contributed by atoms with E-state index < -0.39 is 0 Å². The van der Waals surface area contributed by atoms with Gasteiger partial charge in [-0.05, 0) is 47.2 Å². The summed E-state index contributed by atoms with van der Waals surface area (Å²) in [5.41, 5.74) is 3.88. The minimum Gasteiger partial charge on any atom is -0.451 e. The van der Waals surface area contributed by atoms with Gasteiger partial charge in [-0.15, -0.1) is 0 Å². The predicted octanol–water partition coefficient (Wildman–Crippen LogP) is 6.69. The van der Waals surface area contributed by atoms with Crippen LogP contribution in [0.4, 0.5) is 5.69 Å². The average molecular weight is 400 g/mol. The van der Waals surface area contributed by atoms with E-state index in [4.69, 9.17) is 4.42 Å². The van der Waals surface area contributed by atoms with Gasteiger partial charge in [0.05, 0.1) is 0 Å². The number of carbonyl (C=O) groups is 1. The molecule has 0 atom stereocenters. The Hall–Kier alpha value is -2.07. The summed E-state index contributed by atoms with van der Waals surface area (Å²) in [5.74, 6) is 0.741. The van der Waals surface area contributed by atoms with Crippen molar-refractivity contribution in [3.8, 4) is 0 Å². The Balaban J connectivity index is 1.99. The third-order valence-corrected chi connectivity index (χ3v) is 4.81. The first-order valence-corrected chi connectivity index (χ1v) is 9.29. The molecule has 1 amide bonds. The largest absolute Gasteiger partial charge is 0.451 e. The number of para-hydroxylation sites is 1. The van der Waals surface area contributed by atoms with Crippen LogP contribution < -0.4 is 5.32 Å². The Labute approximate surface area is 156 Å². The molecule has 0 fully saturated rings. The van der Waals surface area contributed by atoms with Crippen molar-refractivity contribution in [2.75, 3.05) is 5.32 Å². The van der Waals surface area contributed by atoms with Crippen LogP contribution in [0.2, 0.25) is 0 Å². The highest BCUT2D eigenvalue weighted by atomic mass is 79.9. The number of benzene rings is 2. The lowest BCUT2D eigenvalue weighted by Gasteiger charge is -2.19. The topological polar surface area (TPSA) is 42.2 Å². The summed E-state index contributed by atoms with van der Waals surface area (Å²) < 4.78 is 6.68. The fourth-order valence-electron chi connectivity index (χ4n) is 3.00. The molecule has 0 spiro atoms. The molecule has 4 heteroatoms. The van der Waals surface area contributed by atoms with Gasteiger partial charge in [0.2, 0.25) is 0 Å². The average Bonchev–Trinajstić information content (AvgIpc) is 2.97. The van der Waals surface area contributed by atoms with E-state index in [1.54, 1.807) is 6.07 Å². The smallest absolute Gasteiger partial charge is 0.291 e. The van der Waals surface area contributed by atoms with Gasteiger partial charge in [0.25, 0.3) is 5.91 Å². The molecule has 0 saturated carbocycles. The Kier molecular flexibility index (Phi) is 5.00. The summed E-state index contributed by atoms with van der Waals surface area (Å²) >= 11 is 3.44.